The third kappa shape index (κ3) is 3.77. The number of anilines is 1. The van der Waals surface area contributed by atoms with E-state index in [-0.39, 0.29) is 24.1 Å². The number of piperidine rings is 1. The van der Waals surface area contributed by atoms with Gasteiger partial charge >= 0.3 is 0 Å². The molecule has 5 rings (SSSR count). The van der Waals surface area contributed by atoms with Gasteiger partial charge in [-0.3, -0.25) is 14.4 Å². The zero-order chi connectivity index (χ0) is 23.2. The molecule has 2 aromatic carbocycles. The minimum absolute atomic E-state index is 0.0274. The van der Waals surface area contributed by atoms with Gasteiger partial charge in [-0.15, -0.1) is 0 Å². The van der Waals surface area contributed by atoms with E-state index in [9.17, 15) is 14.4 Å². The van der Waals surface area contributed by atoms with Gasteiger partial charge in [0.1, 0.15) is 0 Å². The van der Waals surface area contributed by atoms with Gasteiger partial charge in [0, 0.05) is 62.0 Å². The Morgan fingerprint density at radius 3 is 2.55 bits per heavy atom. The second kappa shape index (κ2) is 8.06. The molecule has 3 heterocycles. The molecule has 7 nitrogen and oxygen atoms in total. The number of rotatable bonds is 4. The Kier molecular flexibility index (Phi) is 5.19. The molecule has 1 fully saturated rings. The van der Waals surface area contributed by atoms with Crippen LogP contribution in [-0.4, -0.2) is 50.7 Å². The molecule has 2 aliphatic rings. The number of carbonyl (C=O) groups excluding carboxylic acids is 3. The number of hydrogen-bond donors (Lipinski definition) is 1. The van der Waals surface area contributed by atoms with Gasteiger partial charge in [0.15, 0.2) is 0 Å². The monoisotopic (exact) mass is 444 g/mol. The number of likely N-dealkylation sites (tertiary alicyclic amines) is 1. The highest BCUT2D eigenvalue weighted by atomic mass is 16.2. The predicted octanol–water partition coefficient (Wildman–Crippen LogP) is 3.54. The molecule has 170 valence electrons. The van der Waals surface area contributed by atoms with Crippen LogP contribution in [0.1, 0.15) is 42.1 Å². The zero-order valence-corrected chi connectivity index (χ0v) is 19.0. The number of hydrogen-bond acceptors (Lipinski definition) is 3. The van der Waals surface area contributed by atoms with Crippen molar-refractivity contribution in [3.05, 3.63) is 65.9 Å². The smallest absolute Gasteiger partial charge is 0.254 e. The Balaban J connectivity index is 1.39. The van der Waals surface area contributed by atoms with E-state index in [1.54, 1.807) is 11.8 Å². The van der Waals surface area contributed by atoms with Gasteiger partial charge in [-0.25, -0.2) is 0 Å². The van der Waals surface area contributed by atoms with Gasteiger partial charge in [-0.1, -0.05) is 18.2 Å². The number of nitrogens with zero attached hydrogens (tertiary/aromatic N) is 3. The highest BCUT2D eigenvalue weighted by Crippen LogP contribution is 2.39. The Morgan fingerprint density at radius 1 is 1.06 bits per heavy atom. The summed E-state index contributed by atoms with van der Waals surface area (Å²) in [6.07, 6.45) is 3.35. The van der Waals surface area contributed by atoms with Crippen molar-refractivity contribution >= 4 is 34.3 Å². The van der Waals surface area contributed by atoms with Gasteiger partial charge in [-0.05, 0) is 48.7 Å². The maximum atomic E-state index is 13.3. The van der Waals surface area contributed by atoms with E-state index >= 15 is 0 Å². The fourth-order valence-electron chi connectivity index (χ4n) is 5.28. The van der Waals surface area contributed by atoms with Crippen molar-refractivity contribution in [1.29, 1.82) is 0 Å². The number of amides is 3. The first-order valence-electron chi connectivity index (χ1n) is 11.4. The molecule has 0 unspecified atom stereocenters. The van der Waals surface area contributed by atoms with Gasteiger partial charge in [0.2, 0.25) is 11.8 Å². The molecule has 0 atom stereocenters. The van der Waals surface area contributed by atoms with Crippen molar-refractivity contribution < 1.29 is 14.4 Å². The molecule has 1 saturated heterocycles. The van der Waals surface area contributed by atoms with Crippen molar-refractivity contribution in [3.8, 4) is 0 Å². The first-order valence-corrected chi connectivity index (χ1v) is 11.4. The third-order valence-corrected chi connectivity index (χ3v) is 7.19. The van der Waals surface area contributed by atoms with Crippen LogP contribution in [-0.2, 0) is 23.2 Å². The molecule has 7 heteroatoms. The summed E-state index contributed by atoms with van der Waals surface area (Å²) in [7, 11) is 1.99. The van der Waals surface area contributed by atoms with Crippen LogP contribution in [0.4, 0.5) is 5.69 Å². The lowest BCUT2D eigenvalue weighted by atomic mass is 9.82. The zero-order valence-electron chi connectivity index (χ0n) is 19.0. The van der Waals surface area contributed by atoms with Crippen molar-refractivity contribution in [3.63, 3.8) is 0 Å². The van der Waals surface area contributed by atoms with Crippen LogP contribution < -0.4 is 5.32 Å². The highest BCUT2D eigenvalue weighted by molar-refractivity contribution is 6.00. The molecule has 0 saturated carbocycles. The van der Waals surface area contributed by atoms with Crippen molar-refractivity contribution in [1.82, 2.24) is 14.4 Å². The number of aryl methyl sites for hydroxylation is 1. The molecule has 0 aliphatic carbocycles. The Labute approximate surface area is 193 Å². The third-order valence-electron chi connectivity index (χ3n) is 7.19. The topological polar surface area (TPSA) is 74.7 Å². The standard InChI is InChI=1S/C26H28N4O3/c1-18(31)29-13-10-26(11-14-29,30-17-20-5-3-4-6-22(20)25(30)33)16-24(32)27-21-7-8-23-19(15-21)9-12-28(23)2/h3-9,12,15H,10-11,13-14,16-17H2,1-2H3,(H,27,32). The molecular weight excluding hydrogens is 416 g/mol. The van der Waals surface area contributed by atoms with E-state index in [0.29, 0.717) is 38.0 Å². The maximum absolute atomic E-state index is 13.3. The van der Waals surface area contributed by atoms with Gasteiger partial charge in [0.05, 0.1) is 12.0 Å². The van der Waals surface area contributed by atoms with E-state index < -0.39 is 5.54 Å². The quantitative estimate of drug-likeness (QED) is 0.669. The second-order valence-corrected chi connectivity index (χ2v) is 9.20. The lowest BCUT2D eigenvalue weighted by molar-refractivity contribution is -0.131. The van der Waals surface area contributed by atoms with Crippen LogP contribution in [0.5, 0.6) is 0 Å². The molecule has 0 spiro atoms. The first-order chi connectivity index (χ1) is 15.9. The molecule has 0 radical (unpaired) electrons. The lowest BCUT2D eigenvalue weighted by Gasteiger charge is -2.47. The van der Waals surface area contributed by atoms with Crippen molar-refractivity contribution in [2.45, 2.75) is 38.3 Å². The summed E-state index contributed by atoms with van der Waals surface area (Å²) in [6.45, 7) is 3.14. The normalized spacial score (nSPS) is 17.3. The molecule has 0 bridgehead atoms. The van der Waals surface area contributed by atoms with E-state index in [1.807, 2.05) is 71.2 Å². The summed E-state index contributed by atoms with van der Waals surface area (Å²) >= 11 is 0. The summed E-state index contributed by atoms with van der Waals surface area (Å²) in [5, 5.41) is 4.10. The summed E-state index contributed by atoms with van der Waals surface area (Å²) in [4.78, 5) is 42.1. The van der Waals surface area contributed by atoms with Gasteiger partial charge in [0.25, 0.3) is 5.91 Å². The minimum atomic E-state index is -0.622. The van der Waals surface area contributed by atoms with E-state index in [1.165, 1.54) is 0 Å². The minimum Gasteiger partial charge on any atom is -0.351 e. The maximum Gasteiger partial charge on any atom is 0.254 e. The summed E-state index contributed by atoms with van der Waals surface area (Å²) in [5.41, 5.74) is 2.92. The van der Waals surface area contributed by atoms with Crippen LogP contribution in [0.2, 0.25) is 0 Å². The number of carbonyl (C=O) groups is 3. The SMILES string of the molecule is CC(=O)N1CCC(CC(=O)Nc2ccc3c(ccn3C)c2)(N2Cc3ccccc3C2=O)CC1. The van der Waals surface area contributed by atoms with Crippen LogP contribution >= 0.6 is 0 Å². The first kappa shape index (κ1) is 21.2. The fraction of sp³-hybridized carbons (Fsp3) is 0.346. The largest absolute Gasteiger partial charge is 0.351 e. The van der Waals surface area contributed by atoms with Crippen LogP contribution in [0, 0.1) is 0 Å². The molecule has 3 amide bonds. The van der Waals surface area contributed by atoms with Crippen molar-refractivity contribution in [2.24, 2.45) is 7.05 Å². The predicted molar refractivity (Wildman–Crippen MR) is 127 cm³/mol. The summed E-state index contributed by atoms with van der Waals surface area (Å²) < 4.78 is 2.04. The average molecular weight is 445 g/mol. The summed E-state index contributed by atoms with van der Waals surface area (Å²) in [6, 6.07) is 15.5. The molecule has 2 aliphatic heterocycles. The fourth-order valence-corrected chi connectivity index (χ4v) is 5.28. The number of aromatic nitrogens is 1. The van der Waals surface area contributed by atoms with Gasteiger partial charge < -0.3 is 19.7 Å². The van der Waals surface area contributed by atoms with Crippen LogP contribution in [0.15, 0.2) is 54.7 Å². The summed E-state index contributed by atoms with van der Waals surface area (Å²) in [5.74, 6) is -0.119. The lowest BCUT2D eigenvalue weighted by Crippen LogP contribution is -2.57. The second-order valence-electron chi connectivity index (χ2n) is 9.20. The molecule has 1 aromatic heterocycles. The van der Waals surface area contributed by atoms with E-state index in [4.69, 9.17) is 0 Å². The Morgan fingerprint density at radius 2 is 1.82 bits per heavy atom. The van der Waals surface area contributed by atoms with Crippen LogP contribution in [0.3, 0.4) is 0 Å². The van der Waals surface area contributed by atoms with E-state index in [2.05, 4.69) is 5.32 Å². The van der Waals surface area contributed by atoms with Crippen LogP contribution in [0.25, 0.3) is 10.9 Å². The molecule has 33 heavy (non-hydrogen) atoms. The molecule has 1 N–H and O–H groups in total. The number of nitrogens with one attached hydrogen (secondary N) is 1. The highest BCUT2D eigenvalue weighted by Gasteiger charge is 2.47. The Bertz CT molecular complexity index is 1250. The molecular formula is C26H28N4O3. The Hall–Kier alpha value is -3.61. The van der Waals surface area contributed by atoms with Gasteiger partial charge in [-0.2, -0.15) is 0 Å². The van der Waals surface area contributed by atoms with E-state index in [0.717, 1.165) is 22.2 Å². The number of benzene rings is 2. The van der Waals surface area contributed by atoms with Crippen molar-refractivity contribution in [2.75, 3.05) is 18.4 Å². The number of fused-ring (bicyclic) bond motifs is 2. The average Bonchev–Trinajstić information content (AvgIpc) is 3.34. The molecule has 3 aromatic rings.